The van der Waals surface area contributed by atoms with Gasteiger partial charge in [0.15, 0.2) is 0 Å². The first-order chi connectivity index (χ1) is 19.5. The molecule has 3 fully saturated rings. The predicted octanol–water partition coefficient (Wildman–Crippen LogP) is 8.83. The number of hydrogen-bond acceptors (Lipinski definition) is 2. The van der Waals surface area contributed by atoms with Crippen LogP contribution in [-0.4, -0.2) is 48.3 Å². The first-order valence-corrected chi connectivity index (χ1v) is 17.8. The van der Waals surface area contributed by atoms with Crippen LogP contribution in [-0.2, 0) is 16.5 Å². The molecule has 5 aliphatic rings. The van der Waals surface area contributed by atoms with Gasteiger partial charge >= 0.3 is 16.5 Å². The molecule has 5 heteroatoms. The Balaban J connectivity index is 0.00000387. The molecule has 3 saturated heterocycles. The monoisotopic (exact) mass is 608 g/mol. The van der Waals surface area contributed by atoms with Crippen LogP contribution in [0, 0.1) is 23.7 Å². The van der Waals surface area contributed by atoms with Crippen LogP contribution >= 0.6 is 0 Å². The maximum atomic E-state index is 5.74. The number of rotatable bonds is 8. The van der Waals surface area contributed by atoms with Crippen LogP contribution in [0.25, 0.3) is 10.6 Å². The van der Waals surface area contributed by atoms with E-state index in [1.54, 1.807) is 22.3 Å². The summed E-state index contributed by atoms with van der Waals surface area (Å²) in [4.78, 5) is 0. The van der Waals surface area contributed by atoms with E-state index in [9.17, 15) is 0 Å². The number of hydrogen-bond donors (Lipinski definition) is 2. The van der Waals surface area contributed by atoms with Gasteiger partial charge in [-0.3, -0.25) is 0 Å². The quantitative estimate of drug-likeness (QED) is 0.214. The normalized spacial score (nSPS) is 42.7. The Morgan fingerprint density at radius 2 is 0.659 bits per heavy atom. The van der Waals surface area contributed by atoms with E-state index in [4.69, 9.17) is 10.6 Å². The summed E-state index contributed by atoms with van der Waals surface area (Å²) in [6.45, 7) is 19.3. The van der Waals surface area contributed by atoms with Gasteiger partial charge in [-0.2, -0.15) is 0 Å². The summed E-state index contributed by atoms with van der Waals surface area (Å²) < 4.78 is 0. The number of nitrogens with one attached hydrogen (secondary N) is 2. The molecule has 0 aromatic rings. The maximum absolute atomic E-state index is 5.74. The van der Waals surface area contributed by atoms with Crippen molar-refractivity contribution >= 4 is 0 Å². The van der Waals surface area contributed by atoms with Gasteiger partial charge in [-0.15, -0.1) is 24.2 Å². The van der Waals surface area contributed by atoms with Crippen molar-refractivity contribution in [1.29, 1.82) is 0 Å². The Labute approximate surface area is 263 Å². The fourth-order valence-corrected chi connectivity index (χ4v) is 10.8. The van der Waals surface area contributed by atoms with E-state index in [-0.39, 0.29) is 16.5 Å². The minimum absolute atomic E-state index is 0. The average Bonchev–Trinajstić information content (AvgIpc) is 3.67. The summed E-state index contributed by atoms with van der Waals surface area (Å²) in [5.74, 6) is 2.92. The second-order valence-corrected chi connectivity index (χ2v) is 13.9. The van der Waals surface area contributed by atoms with Gasteiger partial charge in [-0.1, -0.05) is 127 Å². The van der Waals surface area contributed by atoms with E-state index >= 15 is 0 Å². The molecule has 0 aromatic carbocycles. The van der Waals surface area contributed by atoms with Crippen LogP contribution in [0.15, 0.2) is 22.3 Å². The Bertz CT molecular complexity index is 787. The Morgan fingerprint density at radius 3 is 0.829 bits per heavy atom. The second kappa shape index (κ2) is 14.7. The Kier molecular flexibility index (Phi) is 12.1. The van der Waals surface area contributed by atoms with Crippen LogP contribution in [0.1, 0.15) is 132 Å². The van der Waals surface area contributed by atoms with Crippen molar-refractivity contribution in [1.82, 2.24) is 10.6 Å². The van der Waals surface area contributed by atoms with E-state index < -0.39 is 0 Å². The van der Waals surface area contributed by atoms with Gasteiger partial charge in [-0.05, 0) is 51.4 Å². The molecule has 0 amide bonds. The van der Waals surface area contributed by atoms with Crippen LogP contribution in [0.3, 0.4) is 0 Å². The summed E-state index contributed by atoms with van der Waals surface area (Å²) in [7, 11) is 0. The van der Waals surface area contributed by atoms with Crippen molar-refractivity contribution in [3.63, 3.8) is 0 Å². The molecule has 5 rings (SSSR count). The molecule has 236 valence electrons. The second-order valence-electron chi connectivity index (χ2n) is 13.9. The third-order valence-corrected chi connectivity index (χ3v) is 12.5. The summed E-state index contributed by atoms with van der Waals surface area (Å²) in [5.41, 5.74) is 6.88. The van der Waals surface area contributed by atoms with Crippen molar-refractivity contribution in [2.24, 2.45) is 23.7 Å². The number of nitrogens with zero attached hydrogens (tertiary/aromatic N) is 2. The van der Waals surface area contributed by atoms with E-state index in [0.717, 1.165) is 23.7 Å². The van der Waals surface area contributed by atoms with E-state index in [1.165, 1.54) is 77.0 Å². The molecule has 4 nitrogen and oxygen atoms in total. The largest absolute Gasteiger partial charge is 2.00 e. The van der Waals surface area contributed by atoms with Crippen molar-refractivity contribution in [2.75, 3.05) is 0 Å². The van der Waals surface area contributed by atoms with E-state index in [0.29, 0.717) is 48.3 Å². The van der Waals surface area contributed by atoms with Crippen LogP contribution in [0.4, 0.5) is 0 Å². The van der Waals surface area contributed by atoms with Crippen molar-refractivity contribution in [3.8, 4) is 0 Å². The molecular weight excluding hydrogens is 547 g/mol. The summed E-state index contributed by atoms with van der Waals surface area (Å²) in [5, 5.41) is 20.0. The molecule has 0 aliphatic carbocycles. The zero-order valence-electron chi connectivity index (χ0n) is 27.6. The van der Waals surface area contributed by atoms with Gasteiger partial charge in [0.05, 0.1) is 0 Å². The fraction of sp³-hybridized carbons (Fsp3) is 0.889. The van der Waals surface area contributed by atoms with Gasteiger partial charge in [0.2, 0.25) is 0 Å². The number of fused-ring (bicyclic) bond motifs is 8. The Hall–Kier alpha value is -0.186. The minimum atomic E-state index is 0. The Morgan fingerprint density at radius 1 is 0.439 bits per heavy atom. The molecule has 12 atom stereocenters. The minimum Gasteiger partial charge on any atom is -0.656 e. The van der Waals surface area contributed by atoms with E-state index in [2.05, 4.69) is 66.0 Å². The molecule has 5 aliphatic heterocycles. The fourth-order valence-electron chi connectivity index (χ4n) is 10.8. The molecule has 12 unspecified atom stereocenters. The molecule has 8 bridgehead atoms. The molecule has 5 heterocycles. The van der Waals surface area contributed by atoms with Gasteiger partial charge in [0.1, 0.15) is 0 Å². The predicted molar refractivity (Wildman–Crippen MR) is 172 cm³/mol. The molecule has 41 heavy (non-hydrogen) atoms. The summed E-state index contributed by atoms with van der Waals surface area (Å²) >= 11 is 0. The zero-order chi connectivity index (χ0) is 28.6. The van der Waals surface area contributed by atoms with E-state index in [1.807, 2.05) is 0 Å². The van der Waals surface area contributed by atoms with Gasteiger partial charge in [-0.25, -0.2) is 0 Å². The molecular formula is C36H62N4Ni. The van der Waals surface area contributed by atoms with Gasteiger partial charge in [0.25, 0.3) is 0 Å². The SMILES string of the molecule is CCC1=C(CC)C2CC3[N-]C(CC4NC(CC5[N-]C(CC1N2)C(CC)C5CC)C(CC)=C4CC)C(CC)C3CC.[Ni+2]. The summed E-state index contributed by atoms with van der Waals surface area (Å²) in [6, 6.07) is 3.99. The first-order valence-electron chi connectivity index (χ1n) is 17.8. The van der Waals surface area contributed by atoms with Crippen LogP contribution in [0.2, 0.25) is 0 Å². The standard InChI is InChI=1S/C36H62N4.Ni/c1-9-21-22(10-2)30-18-32-25(13-5)26(14-6)34(39-32)20-36-28(16-8)27(15-7)35(40-36)19-33-24(12-4)23(11-3)31(38-33)17-29(21)37-30;/h21-22,27-36,38-39H,9-20H2,1-8H3;/q-2;+2. The van der Waals surface area contributed by atoms with Gasteiger partial charge in [0, 0.05) is 24.2 Å². The molecule has 0 spiro atoms. The molecule has 0 saturated carbocycles. The topological polar surface area (TPSA) is 52.3 Å². The van der Waals surface area contributed by atoms with Crippen molar-refractivity contribution in [3.05, 3.63) is 32.9 Å². The maximum Gasteiger partial charge on any atom is 2.00 e. The molecule has 0 aromatic heterocycles. The molecule has 0 radical (unpaired) electrons. The zero-order valence-corrected chi connectivity index (χ0v) is 28.6. The smallest absolute Gasteiger partial charge is 0.656 e. The average molecular weight is 610 g/mol. The van der Waals surface area contributed by atoms with Crippen LogP contribution < -0.4 is 10.6 Å². The summed E-state index contributed by atoms with van der Waals surface area (Å²) in [6.07, 6.45) is 14.6. The van der Waals surface area contributed by atoms with Crippen molar-refractivity contribution in [2.45, 2.75) is 181 Å². The van der Waals surface area contributed by atoms with Crippen molar-refractivity contribution < 1.29 is 16.5 Å². The first kappa shape index (κ1) is 33.7. The van der Waals surface area contributed by atoms with Crippen LogP contribution in [0.5, 0.6) is 0 Å². The third-order valence-electron chi connectivity index (χ3n) is 12.5. The molecule has 2 N–H and O–H groups in total. The van der Waals surface area contributed by atoms with Gasteiger partial charge < -0.3 is 21.3 Å². The third kappa shape index (κ3) is 6.20.